The normalized spacial score (nSPS) is 20.1. The Balaban J connectivity index is 1.24. The molecule has 0 radical (unpaired) electrons. The predicted octanol–water partition coefficient (Wildman–Crippen LogP) is 5.06. The average molecular weight is 566 g/mol. The molecule has 220 valence electrons. The van der Waals surface area contributed by atoms with Gasteiger partial charge in [0.1, 0.15) is 17.2 Å². The van der Waals surface area contributed by atoms with Crippen LogP contribution in [0.25, 0.3) is 10.9 Å². The number of ether oxygens (including phenoxy) is 2. The molecule has 41 heavy (non-hydrogen) atoms. The standard InChI is InChI=1S/C28H39N9O4/c1-28(2,3)41-27(38)31-19-7-5-18(6-8-19)17-37-22-15-24(30-16-21(22)25(34-37)35-39)32-23-9-12-29-26(33-23)36-13-10-20(40-4)11-14-36/h9,12,15-16,18-20H,5-8,10-11,13-14,17H2,1-4H3,(H,31,38)(H,29,30,32,33)/t18-,19-. The second kappa shape index (κ2) is 12.3. The molecule has 0 spiro atoms. The van der Waals surface area contributed by atoms with Gasteiger partial charge in [0.15, 0.2) is 0 Å². The van der Waals surface area contributed by atoms with Crippen LogP contribution in [0.4, 0.5) is 28.2 Å². The minimum Gasteiger partial charge on any atom is -0.444 e. The Morgan fingerprint density at radius 3 is 2.54 bits per heavy atom. The molecule has 2 N–H and O–H groups in total. The maximum atomic E-state index is 12.2. The SMILES string of the molecule is COC1CCN(c2nccc(Nc3cc4c(cn3)c(N=O)nn4C[C@H]3CC[C@H](NC(=O)OC(C)(C)C)CC3)n2)CC1. The first-order valence-electron chi connectivity index (χ1n) is 14.3. The summed E-state index contributed by atoms with van der Waals surface area (Å²) in [4.78, 5) is 39.5. The summed E-state index contributed by atoms with van der Waals surface area (Å²) in [6, 6.07) is 3.77. The van der Waals surface area contributed by atoms with Crippen molar-refractivity contribution < 1.29 is 14.3 Å². The molecule has 2 aliphatic rings. The molecular formula is C28H39N9O4. The molecule has 0 unspecified atom stereocenters. The first-order chi connectivity index (χ1) is 19.7. The Bertz CT molecular complexity index is 1360. The van der Waals surface area contributed by atoms with Crippen LogP contribution in [0.1, 0.15) is 59.3 Å². The second-order valence-corrected chi connectivity index (χ2v) is 11.8. The molecule has 3 aromatic rings. The number of carbonyl (C=O) groups excluding carboxylic acids is 1. The van der Waals surface area contributed by atoms with E-state index in [1.807, 2.05) is 31.5 Å². The predicted molar refractivity (Wildman–Crippen MR) is 156 cm³/mol. The van der Waals surface area contributed by atoms with Crippen LogP contribution < -0.4 is 15.5 Å². The van der Waals surface area contributed by atoms with E-state index >= 15 is 0 Å². The third-order valence-corrected chi connectivity index (χ3v) is 7.66. The number of fused-ring (bicyclic) bond motifs is 1. The lowest BCUT2D eigenvalue weighted by Gasteiger charge is -2.31. The minimum absolute atomic E-state index is 0.0896. The van der Waals surface area contributed by atoms with Gasteiger partial charge in [-0.2, -0.15) is 4.98 Å². The van der Waals surface area contributed by atoms with Crippen LogP contribution in [-0.4, -0.2) is 68.8 Å². The van der Waals surface area contributed by atoms with Crippen molar-refractivity contribution in [2.24, 2.45) is 11.1 Å². The van der Waals surface area contributed by atoms with E-state index in [2.05, 4.69) is 35.8 Å². The van der Waals surface area contributed by atoms with Crippen molar-refractivity contribution in [3.8, 4) is 0 Å². The summed E-state index contributed by atoms with van der Waals surface area (Å²) in [5.74, 6) is 2.36. The molecule has 1 saturated heterocycles. The number of nitrogens with zero attached hydrogens (tertiary/aromatic N) is 7. The third-order valence-electron chi connectivity index (χ3n) is 7.66. The molecule has 1 saturated carbocycles. The molecule has 0 bridgehead atoms. The topological polar surface area (TPSA) is 149 Å². The highest BCUT2D eigenvalue weighted by molar-refractivity contribution is 5.90. The summed E-state index contributed by atoms with van der Waals surface area (Å²) in [7, 11) is 1.75. The molecule has 13 nitrogen and oxygen atoms in total. The summed E-state index contributed by atoms with van der Waals surface area (Å²) < 4.78 is 12.7. The van der Waals surface area contributed by atoms with Crippen LogP contribution in [0.15, 0.2) is 29.7 Å². The molecule has 4 heterocycles. The first-order valence-corrected chi connectivity index (χ1v) is 14.3. The van der Waals surface area contributed by atoms with E-state index in [1.54, 1.807) is 25.6 Å². The van der Waals surface area contributed by atoms with Crippen molar-refractivity contribution >= 4 is 40.4 Å². The summed E-state index contributed by atoms with van der Waals surface area (Å²) >= 11 is 0. The van der Waals surface area contributed by atoms with E-state index in [0.29, 0.717) is 35.4 Å². The molecule has 1 aliphatic heterocycles. The Labute approximate surface area is 239 Å². The number of nitrogens with one attached hydrogen (secondary N) is 2. The first kappa shape index (κ1) is 28.7. The molecule has 0 aromatic carbocycles. The Kier molecular flexibility index (Phi) is 8.62. The van der Waals surface area contributed by atoms with Gasteiger partial charge in [0.2, 0.25) is 11.8 Å². The number of aromatic nitrogens is 5. The van der Waals surface area contributed by atoms with E-state index < -0.39 is 5.60 Å². The van der Waals surface area contributed by atoms with E-state index in [-0.39, 0.29) is 24.1 Å². The number of rotatable bonds is 8. The number of carbonyl (C=O) groups is 1. The zero-order valence-corrected chi connectivity index (χ0v) is 24.2. The second-order valence-electron chi connectivity index (χ2n) is 11.8. The fourth-order valence-electron chi connectivity index (χ4n) is 5.53. The van der Waals surface area contributed by atoms with Gasteiger partial charge in [-0.25, -0.2) is 14.8 Å². The summed E-state index contributed by atoms with van der Waals surface area (Å²) in [6.45, 7) is 7.89. The van der Waals surface area contributed by atoms with Crippen molar-refractivity contribution in [2.45, 2.75) is 83.6 Å². The Hall–Kier alpha value is -3.87. The van der Waals surface area contributed by atoms with Gasteiger partial charge in [0.25, 0.3) is 0 Å². The summed E-state index contributed by atoms with van der Waals surface area (Å²) in [5.41, 5.74) is 0.258. The van der Waals surface area contributed by atoms with E-state index in [4.69, 9.17) is 14.5 Å². The van der Waals surface area contributed by atoms with Gasteiger partial charge in [-0.15, -0.1) is 10.0 Å². The lowest BCUT2D eigenvalue weighted by molar-refractivity contribution is 0.0486. The maximum Gasteiger partial charge on any atom is 0.407 e. The van der Waals surface area contributed by atoms with Crippen LogP contribution in [0, 0.1) is 10.8 Å². The maximum absolute atomic E-state index is 12.2. The number of pyridine rings is 1. The van der Waals surface area contributed by atoms with Gasteiger partial charge in [-0.05, 0) is 76.5 Å². The minimum atomic E-state index is -0.521. The van der Waals surface area contributed by atoms with Gasteiger partial charge >= 0.3 is 6.09 Å². The summed E-state index contributed by atoms with van der Waals surface area (Å²) in [6.07, 6.45) is 8.70. The lowest BCUT2D eigenvalue weighted by Crippen LogP contribution is -2.41. The number of nitroso groups, excluding NO2 is 1. The van der Waals surface area contributed by atoms with Crippen molar-refractivity contribution in [3.05, 3.63) is 29.4 Å². The number of piperidine rings is 1. The van der Waals surface area contributed by atoms with Crippen molar-refractivity contribution in [2.75, 3.05) is 30.4 Å². The highest BCUT2D eigenvalue weighted by atomic mass is 16.6. The fourth-order valence-corrected chi connectivity index (χ4v) is 5.53. The smallest absolute Gasteiger partial charge is 0.407 e. The number of alkyl carbamates (subject to hydrolysis) is 1. The van der Waals surface area contributed by atoms with Crippen LogP contribution in [0.5, 0.6) is 0 Å². The van der Waals surface area contributed by atoms with E-state index in [1.165, 1.54) is 0 Å². The largest absolute Gasteiger partial charge is 0.444 e. The van der Waals surface area contributed by atoms with E-state index in [0.717, 1.165) is 57.1 Å². The molecule has 1 amide bonds. The van der Waals surface area contributed by atoms with Gasteiger partial charge < -0.3 is 25.0 Å². The number of anilines is 3. The number of methoxy groups -OCH3 is 1. The van der Waals surface area contributed by atoms with Gasteiger partial charge in [0.05, 0.1) is 17.0 Å². The fraction of sp³-hybridized carbons (Fsp3) is 0.607. The highest BCUT2D eigenvalue weighted by Crippen LogP contribution is 2.31. The van der Waals surface area contributed by atoms with Crippen LogP contribution in [-0.2, 0) is 16.0 Å². The average Bonchev–Trinajstić information content (AvgIpc) is 3.30. The number of hydrogen-bond acceptors (Lipinski definition) is 11. The van der Waals surface area contributed by atoms with Crippen molar-refractivity contribution in [1.82, 2.24) is 30.0 Å². The van der Waals surface area contributed by atoms with Gasteiger partial charge in [0, 0.05) is 51.2 Å². The molecular weight excluding hydrogens is 526 g/mol. The third kappa shape index (κ3) is 7.26. The zero-order chi connectivity index (χ0) is 29.0. The van der Waals surface area contributed by atoms with Crippen molar-refractivity contribution in [1.29, 1.82) is 0 Å². The van der Waals surface area contributed by atoms with Gasteiger partial charge in [-0.1, -0.05) is 0 Å². The zero-order valence-electron chi connectivity index (χ0n) is 24.2. The molecule has 5 rings (SSSR count). The quantitative estimate of drug-likeness (QED) is 0.355. The number of amides is 1. The highest BCUT2D eigenvalue weighted by Gasteiger charge is 2.26. The van der Waals surface area contributed by atoms with Crippen LogP contribution >= 0.6 is 0 Å². The molecule has 1 aliphatic carbocycles. The van der Waals surface area contributed by atoms with E-state index in [9.17, 15) is 9.70 Å². The van der Waals surface area contributed by atoms with Crippen molar-refractivity contribution in [3.63, 3.8) is 0 Å². The monoisotopic (exact) mass is 565 g/mol. The van der Waals surface area contributed by atoms with Gasteiger partial charge in [-0.3, -0.25) is 4.68 Å². The Morgan fingerprint density at radius 1 is 1.10 bits per heavy atom. The van der Waals surface area contributed by atoms with Crippen LogP contribution in [0.2, 0.25) is 0 Å². The molecule has 3 aromatic heterocycles. The molecule has 0 atom stereocenters. The molecule has 2 fully saturated rings. The summed E-state index contributed by atoms with van der Waals surface area (Å²) in [5, 5.41) is 14.5. The Morgan fingerprint density at radius 2 is 1.85 bits per heavy atom. The lowest BCUT2D eigenvalue weighted by atomic mass is 9.86. The molecule has 13 heteroatoms. The van der Waals surface area contributed by atoms with Crippen LogP contribution in [0.3, 0.4) is 0 Å². The number of hydrogen-bond donors (Lipinski definition) is 2.